The molecular weight excluding hydrogens is 346 g/mol. The van der Waals surface area contributed by atoms with Crippen LogP contribution in [0.2, 0.25) is 5.02 Å². The van der Waals surface area contributed by atoms with E-state index in [1.54, 1.807) is 12.1 Å². The molecule has 0 radical (unpaired) electrons. The van der Waals surface area contributed by atoms with Gasteiger partial charge in [-0.25, -0.2) is 8.42 Å². The number of sulfone groups is 1. The van der Waals surface area contributed by atoms with Crippen LogP contribution in [0.1, 0.15) is 12.8 Å². The molecule has 6 heteroatoms. The Morgan fingerprint density at radius 1 is 1.04 bits per heavy atom. The maximum Gasteiger partial charge on any atom is 0.175 e. The predicted molar refractivity (Wildman–Crippen MR) is 96.9 cm³/mol. The first-order valence-electron chi connectivity index (χ1n) is 7.90. The van der Waals surface area contributed by atoms with Crippen LogP contribution in [0.25, 0.3) is 0 Å². The highest BCUT2D eigenvalue weighted by Crippen LogP contribution is 2.28. The number of hydrogen-bond acceptors (Lipinski definition) is 4. The minimum atomic E-state index is -3.15. The Hall–Kier alpha value is -1.72. The SMILES string of the molecule is CS(=O)(=O)c1ccc(N2CCC(Oc3ccccc3Cl)CC2)cc1. The molecule has 3 rings (SSSR count). The van der Waals surface area contributed by atoms with E-state index in [0.29, 0.717) is 9.92 Å². The van der Waals surface area contributed by atoms with Crippen molar-refractivity contribution in [1.82, 2.24) is 0 Å². The van der Waals surface area contributed by atoms with Crippen molar-refractivity contribution < 1.29 is 13.2 Å². The van der Waals surface area contributed by atoms with Crippen molar-refractivity contribution in [3.8, 4) is 5.75 Å². The molecule has 0 aliphatic carbocycles. The van der Waals surface area contributed by atoms with Gasteiger partial charge in [-0.15, -0.1) is 0 Å². The third-order valence-corrected chi connectivity index (χ3v) is 5.64. The van der Waals surface area contributed by atoms with Crippen LogP contribution >= 0.6 is 11.6 Å². The molecule has 0 spiro atoms. The lowest BCUT2D eigenvalue weighted by molar-refractivity contribution is 0.171. The van der Waals surface area contributed by atoms with E-state index in [0.717, 1.165) is 37.4 Å². The Bertz CT molecular complexity index is 797. The molecule has 0 aromatic heterocycles. The Morgan fingerprint density at radius 3 is 2.25 bits per heavy atom. The summed E-state index contributed by atoms with van der Waals surface area (Å²) in [5, 5.41) is 0.635. The van der Waals surface area contributed by atoms with Gasteiger partial charge >= 0.3 is 0 Å². The molecule has 2 aromatic carbocycles. The molecule has 0 N–H and O–H groups in total. The van der Waals surface area contributed by atoms with Crippen molar-refractivity contribution in [1.29, 1.82) is 0 Å². The Morgan fingerprint density at radius 2 is 1.67 bits per heavy atom. The van der Waals surface area contributed by atoms with Gasteiger partial charge < -0.3 is 9.64 Å². The molecule has 1 heterocycles. The van der Waals surface area contributed by atoms with E-state index in [4.69, 9.17) is 16.3 Å². The Kier molecular flexibility index (Phi) is 5.01. The standard InChI is InChI=1S/C18H20ClNO3S/c1-24(21,22)16-8-6-14(7-9-16)20-12-10-15(11-13-20)23-18-5-3-2-4-17(18)19/h2-9,15H,10-13H2,1H3. The van der Waals surface area contributed by atoms with Gasteiger partial charge in [0.05, 0.1) is 9.92 Å². The van der Waals surface area contributed by atoms with Crippen molar-refractivity contribution in [2.24, 2.45) is 0 Å². The largest absolute Gasteiger partial charge is 0.489 e. The molecule has 0 unspecified atom stereocenters. The Balaban J connectivity index is 1.60. The third-order valence-electron chi connectivity index (χ3n) is 4.20. The van der Waals surface area contributed by atoms with Crippen molar-refractivity contribution in [3.05, 3.63) is 53.6 Å². The molecule has 0 amide bonds. The van der Waals surface area contributed by atoms with Crippen LogP contribution < -0.4 is 9.64 Å². The van der Waals surface area contributed by atoms with Crippen LogP contribution in [0.4, 0.5) is 5.69 Å². The highest BCUT2D eigenvalue weighted by molar-refractivity contribution is 7.90. The number of rotatable bonds is 4. The summed E-state index contributed by atoms with van der Waals surface area (Å²) in [6.45, 7) is 1.74. The van der Waals surface area contributed by atoms with Gasteiger partial charge in [-0.1, -0.05) is 23.7 Å². The second kappa shape index (κ2) is 7.03. The van der Waals surface area contributed by atoms with Crippen molar-refractivity contribution in [3.63, 3.8) is 0 Å². The molecule has 1 fully saturated rings. The van der Waals surface area contributed by atoms with Gasteiger partial charge in [-0.05, 0) is 36.4 Å². The zero-order valence-corrected chi connectivity index (χ0v) is 15.1. The van der Waals surface area contributed by atoms with E-state index in [1.165, 1.54) is 6.26 Å². The molecule has 0 saturated carbocycles. The number of nitrogens with zero attached hydrogens (tertiary/aromatic N) is 1. The average molecular weight is 366 g/mol. The average Bonchev–Trinajstić information content (AvgIpc) is 2.57. The molecule has 128 valence electrons. The van der Waals surface area contributed by atoms with Crippen LogP contribution in [0.15, 0.2) is 53.4 Å². The number of halogens is 1. The van der Waals surface area contributed by atoms with Crippen molar-refractivity contribution in [2.45, 2.75) is 23.8 Å². The monoisotopic (exact) mass is 365 g/mol. The summed E-state index contributed by atoms with van der Waals surface area (Å²) in [7, 11) is -3.15. The highest BCUT2D eigenvalue weighted by Gasteiger charge is 2.21. The highest BCUT2D eigenvalue weighted by atomic mass is 35.5. The number of ether oxygens (including phenoxy) is 1. The fourth-order valence-electron chi connectivity index (χ4n) is 2.86. The summed E-state index contributed by atoms with van der Waals surface area (Å²) in [6.07, 6.45) is 3.17. The van der Waals surface area contributed by atoms with Gasteiger partial charge in [-0.2, -0.15) is 0 Å². The van der Waals surface area contributed by atoms with Crippen LogP contribution in [-0.2, 0) is 9.84 Å². The summed E-state index contributed by atoms with van der Waals surface area (Å²) >= 11 is 6.14. The maximum atomic E-state index is 11.5. The topological polar surface area (TPSA) is 46.6 Å². The van der Waals surface area contributed by atoms with E-state index in [1.807, 2.05) is 36.4 Å². The lowest BCUT2D eigenvalue weighted by Gasteiger charge is -2.34. The molecule has 1 saturated heterocycles. The minimum absolute atomic E-state index is 0.149. The quantitative estimate of drug-likeness (QED) is 0.827. The molecule has 0 atom stereocenters. The van der Waals surface area contributed by atoms with Crippen LogP contribution in [0.3, 0.4) is 0 Å². The fraction of sp³-hybridized carbons (Fsp3) is 0.333. The van der Waals surface area contributed by atoms with Gasteiger partial charge in [-0.3, -0.25) is 0 Å². The number of benzene rings is 2. The predicted octanol–water partition coefficient (Wildman–Crippen LogP) is 3.79. The van der Waals surface area contributed by atoms with Crippen LogP contribution in [0, 0.1) is 0 Å². The van der Waals surface area contributed by atoms with Gasteiger partial charge in [0.25, 0.3) is 0 Å². The molecule has 2 aromatic rings. The number of hydrogen-bond donors (Lipinski definition) is 0. The summed E-state index contributed by atoms with van der Waals surface area (Å²) < 4.78 is 29.0. The van der Waals surface area contributed by atoms with Gasteiger partial charge in [0.2, 0.25) is 0 Å². The molecule has 24 heavy (non-hydrogen) atoms. The normalized spacial score (nSPS) is 16.2. The number of piperidine rings is 1. The second-order valence-electron chi connectivity index (χ2n) is 6.00. The molecule has 4 nitrogen and oxygen atoms in total. The number of anilines is 1. The molecule has 1 aliphatic rings. The summed E-state index contributed by atoms with van der Waals surface area (Å²) in [6, 6.07) is 14.6. The molecule has 0 bridgehead atoms. The lowest BCUT2D eigenvalue weighted by atomic mass is 10.1. The van der Waals surface area contributed by atoms with E-state index >= 15 is 0 Å². The summed E-state index contributed by atoms with van der Waals surface area (Å²) in [5.74, 6) is 0.732. The Labute approximate surface area is 147 Å². The first-order valence-corrected chi connectivity index (χ1v) is 10.2. The molecular formula is C18H20ClNO3S. The number of para-hydroxylation sites is 1. The third kappa shape index (κ3) is 4.02. The van der Waals surface area contributed by atoms with Gasteiger partial charge in [0, 0.05) is 37.9 Å². The zero-order valence-electron chi connectivity index (χ0n) is 13.5. The van der Waals surface area contributed by atoms with Crippen LogP contribution in [0.5, 0.6) is 5.75 Å². The van der Waals surface area contributed by atoms with E-state index < -0.39 is 9.84 Å². The smallest absolute Gasteiger partial charge is 0.175 e. The minimum Gasteiger partial charge on any atom is -0.489 e. The van der Waals surface area contributed by atoms with E-state index in [9.17, 15) is 8.42 Å². The first kappa shape index (κ1) is 17.1. The van der Waals surface area contributed by atoms with E-state index in [-0.39, 0.29) is 6.10 Å². The van der Waals surface area contributed by atoms with Crippen molar-refractivity contribution in [2.75, 3.05) is 24.2 Å². The fourth-order valence-corrected chi connectivity index (χ4v) is 3.67. The van der Waals surface area contributed by atoms with Gasteiger partial charge in [0.1, 0.15) is 11.9 Å². The summed E-state index contributed by atoms with van der Waals surface area (Å²) in [4.78, 5) is 2.60. The van der Waals surface area contributed by atoms with Gasteiger partial charge in [0.15, 0.2) is 9.84 Å². The summed E-state index contributed by atoms with van der Waals surface area (Å²) in [5.41, 5.74) is 1.04. The second-order valence-corrected chi connectivity index (χ2v) is 8.42. The zero-order chi connectivity index (χ0) is 17.2. The van der Waals surface area contributed by atoms with E-state index in [2.05, 4.69) is 4.90 Å². The first-order chi connectivity index (χ1) is 11.4. The molecule has 1 aliphatic heterocycles. The van der Waals surface area contributed by atoms with Crippen LogP contribution in [-0.4, -0.2) is 33.9 Å². The maximum absolute atomic E-state index is 11.5. The lowest BCUT2D eigenvalue weighted by Crippen LogP contribution is -2.38. The van der Waals surface area contributed by atoms with Crippen molar-refractivity contribution >= 4 is 27.1 Å².